The lowest BCUT2D eigenvalue weighted by Gasteiger charge is -2.31. The van der Waals surface area contributed by atoms with E-state index in [1.165, 1.54) is 6.26 Å². The molecule has 0 radical (unpaired) electrons. The predicted octanol–water partition coefficient (Wildman–Crippen LogP) is -0.749. The van der Waals surface area contributed by atoms with Crippen molar-refractivity contribution in [1.82, 2.24) is 14.9 Å². The van der Waals surface area contributed by atoms with Crippen molar-refractivity contribution in [3.63, 3.8) is 0 Å². The van der Waals surface area contributed by atoms with E-state index >= 15 is 0 Å². The molecule has 0 amide bonds. The van der Waals surface area contributed by atoms with Gasteiger partial charge in [-0.2, -0.15) is 0 Å². The van der Waals surface area contributed by atoms with Gasteiger partial charge in [-0.15, -0.1) is 12.4 Å². The fourth-order valence-corrected chi connectivity index (χ4v) is 2.07. The first-order valence-electron chi connectivity index (χ1n) is 4.88. The van der Waals surface area contributed by atoms with Crippen molar-refractivity contribution < 1.29 is 8.42 Å². The lowest BCUT2D eigenvalue weighted by molar-refractivity contribution is 0.210. The van der Waals surface area contributed by atoms with Gasteiger partial charge in [-0.3, -0.25) is 4.90 Å². The number of nitrogens with one attached hydrogen (secondary N) is 2. The van der Waals surface area contributed by atoms with Crippen LogP contribution in [0.25, 0.3) is 0 Å². The molecule has 1 aliphatic heterocycles. The average molecular weight is 258 g/mol. The number of nitrogens with zero attached hydrogens (tertiary/aromatic N) is 1. The summed E-state index contributed by atoms with van der Waals surface area (Å²) in [5.74, 6) is 0. The van der Waals surface area contributed by atoms with E-state index < -0.39 is 10.0 Å². The van der Waals surface area contributed by atoms with Crippen LogP contribution in [0.4, 0.5) is 0 Å². The van der Waals surface area contributed by atoms with Crippen molar-refractivity contribution in [1.29, 1.82) is 0 Å². The Bertz CT molecular complexity index is 271. The highest BCUT2D eigenvalue weighted by atomic mass is 35.5. The molecule has 1 heterocycles. The third-order valence-corrected chi connectivity index (χ3v) is 2.97. The van der Waals surface area contributed by atoms with Crippen LogP contribution < -0.4 is 10.0 Å². The molecule has 0 aromatic rings. The Morgan fingerprint density at radius 1 is 1.53 bits per heavy atom. The molecular weight excluding hydrogens is 238 g/mol. The lowest BCUT2D eigenvalue weighted by atomic mass is 10.2. The molecule has 1 rings (SSSR count). The minimum Gasteiger partial charge on any atom is -0.312 e. The highest BCUT2D eigenvalue weighted by Crippen LogP contribution is 1.96. The zero-order valence-corrected chi connectivity index (χ0v) is 10.8. The zero-order valence-electron chi connectivity index (χ0n) is 9.19. The highest BCUT2D eigenvalue weighted by Gasteiger charge is 2.14. The number of hydrogen-bond acceptors (Lipinski definition) is 4. The van der Waals surface area contributed by atoms with Gasteiger partial charge in [0.1, 0.15) is 0 Å². The fraction of sp³-hybridized carbons (Fsp3) is 1.00. The van der Waals surface area contributed by atoms with Gasteiger partial charge < -0.3 is 5.32 Å². The molecular formula is C8H20ClN3O2S. The third-order valence-electron chi connectivity index (χ3n) is 2.25. The smallest absolute Gasteiger partial charge is 0.208 e. The summed E-state index contributed by atoms with van der Waals surface area (Å²) in [4.78, 5) is 2.26. The number of rotatable bonds is 4. The van der Waals surface area contributed by atoms with Crippen molar-refractivity contribution in [3.05, 3.63) is 0 Å². The Balaban J connectivity index is 0.00000196. The molecule has 92 valence electrons. The fourth-order valence-electron chi connectivity index (χ4n) is 1.60. The minimum atomic E-state index is -3.03. The molecule has 1 atom stereocenters. The molecule has 0 aromatic heterocycles. The van der Waals surface area contributed by atoms with E-state index in [9.17, 15) is 8.42 Å². The molecule has 1 aliphatic rings. The number of halogens is 1. The van der Waals surface area contributed by atoms with Crippen molar-refractivity contribution in [2.24, 2.45) is 0 Å². The predicted molar refractivity (Wildman–Crippen MR) is 64.0 cm³/mol. The van der Waals surface area contributed by atoms with Crippen LogP contribution in [0.15, 0.2) is 0 Å². The van der Waals surface area contributed by atoms with Crippen LogP contribution in [0.5, 0.6) is 0 Å². The Kier molecular flexibility index (Phi) is 6.70. The summed E-state index contributed by atoms with van der Waals surface area (Å²) >= 11 is 0. The molecule has 0 aliphatic carbocycles. The average Bonchev–Trinajstić information content (AvgIpc) is 2.01. The maximum absolute atomic E-state index is 10.8. The summed E-state index contributed by atoms with van der Waals surface area (Å²) in [6.07, 6.45) is 1.19. The first-order chi connectivity index (χ1) is 6.47. The minimum absolute atomic E-state index is 0. The van der Waals surface area contributed by atoms with Crippen molar-refractivity contribution in [3.8, 4) is 0 Å². The van der Waals surface area contributed by atoms with Gasteiger partial charge in [-0.05, 0) is 6.92 Å². The Hall–Kier alpha value is 0.120. The van der Waals surface area contributed by atoms with Crippen LogP contribution in [-0.4, -0.2) is 58.3 Å². The van der Waals surface area contributed by atoms with Crippen LogP contribution in [0.3, 0.4) is 0 Å². The van der Waals surface area contributed by atoms with Crippen molar-refractivity contribution in [2.75, 3.05) is 39.0 Å². The second-order valence-corrected chi connectivity index (χ2v) is 5.66. The molecule has 5 nitrogen and oxygen atoms in total. The van der Waals surface area contributed by atoms with Gasteiger partial charge >= 0.3 is 0 Å². The summed E-state index contributed by atoms with van der Waals surface area (Å²) < 4.78 is 24.1. The molecule has 0 bridgehead atoms. The molecule has 0 aromatic carbocycles. The quantitative estimate of drug-likeness (QED) is 0.696. The molecule has 2 N–H and O–H groups in total. The summed E-state index contributed by atoms with van der Waals surface area (Å²) in [7, 11) is -3.03. The molecule has 1 saturated heterocycles. The van der Waals surface area contributed by atoms with Crippen LogP contribution >= 0.6 is 12.4 Å². The van der Waals surface area contributed by atoms with E-state index in [0.29, 0.717) is 12.6 Å². The first-order valence-corrected chi connectivity index (χ1v) is 6.77. The van der Waals surface area contributed by atoms with Crippen molar-refractivity contribution >= 4 is 22.4 Å². The van der Waals surface area contributed by atoms with Gasteiger partial charge in [0.25, 0.3) is 0 Å². The van der Waals surface area contributed by atoms with Crippen LogP contribution in [0, 0.1) is 0 Å². The second kappa shape index (κ2) is 6.65. The van der Waals surface area contributed by atoms with Gasteiger partial charge in [0, 0.05) is 38.8 Å². The van der Waals surface area contributed by atoms with Gasteiger partial charge in [-0.1, -0.05) is 0 Å². The number of hydrogen-bond donors (Lipinski definition) is 2. The van der Waals surface area contributed by atoms with Crippen molar-refractivity contribution in [2.45, 2.75) is 13.0 Å². The van der Waals surface area contributed by atoms with E-state index in [4.69, 9.17) is 0 Å². The molecule has 15 heavy (non-hydrogen) atoms. The van der Waals surface area contributed by atoms with Gasteiger partial charge in [-0.25, -0.2) is 13.1 Å². The van der Waals surface area contributed by atoms with Crippen LogP contribution in [-0.2, 0) is 10.0 Å². The topological polar surface area (TPSA) is 61.4 Å². The molecule has 0 saturated carbocycles. The van der Waals surface area contributed by atoms with Gasteiger partial charge in [0.05, 0.1) is 6.26 Å². The second-order valence-electron chi connectivity index (χ2n) is 3.82. The Morgan fingerprint density at radius 3 is 2.73 bits per heavy atom. The molecule has 0 spiro atoms. The highest BCUT2D eigenvalue weighted by molar-refractivity contribution is 7.88. The van der Waals surface area contributed by atoms with Gasteiger partial charge in [0.15, 0.2) is 0 Å². The van der Waals surface area contributed by atoms with Gasteiger partial charge in [0.2, 0.25) is 10.0 Å². The third kappa shape index (κ3) is 7.08. The van der Waals surface area contributed by atoms with E-state index in [2.05, 4.69) is 21.9 Å². The standard InChI is InChI=1S/C8H19N3O2S.ClH/c1-8-7-11(5-3-9-8)6-4-10-14(2,12)13;/h8-10H,3-7H2,1-2H3;1H. The molecule has 1 fully saturated rings. The Morgan fingerprint density at radius 2 is 2.20 bits per heavy atom. The molecule has 7 heteroatoms. The van der Waals surface area contributed by atoms with E-state index in [1.807, 2.05) is 0 Å². The van der Waals surface area contributed by atoms with E-state index in [-0.39, 0.29) is 12.4 Å². The summed E-state index contributed by atoms with van der Waals surface area (Å²) in [5.41, 5.74) is 0. The zero-order chi connectivity index (χ0) is 10.6. The summed E-state index contributed by atoms with van der Waals surface area (Å²) in [6.45, 7) is 6.40. The normalized spacial score (nSPS) is 23.5. The monoisotopic (exact) mass is 257 g/mol. The lowest BCUT2D eigenvalue weighted by Crippen LogP contribution is -2.50. The van der Waals surface area contributed by atoms with E-state index in [0.717, 1.165) is 26.2 Å². The Labute approximate surface area is 98.1 Å². The summed E-state index contributed by atoms with van der Waals surface area (Å²) in [6, 6.07) is 0.502. The summed E-state index contributed by atoms with van der Waals surface area (Å²) in [5, 5.41) is 3.34. The van der Waals surface area contributed by atoms with Crippen LogP contribution in [0.1, 0.15) is 6.92 Å². The number of sulfonamides is 1. The van der Waals surface area contributed by atoms with E-state index in [1.54, 1.807) is 0 Å². The first kappa shape index (κ1) is 15.1. The SMILES string of the molecule is CC1CN(CCNS(C)(=O)=O)CCN1.Cl. The largest absolute Gasteiger partial charge is 0.312 e. The maximum atomic E-state index is 10.8. The molecule has 1 unspecified atom stereocenters. The number of piperazine rings is 1. The maximum Gasteiger partial charge on any atom is 0.208 e. The van der Waals surface area contributed by atoms with Crippen LogP contribution in [0.2, 0.25) is 0 Å².